The van der Waals surface area contributed by atoms with E-state index in [0.717, 1.165) is 0 Å². The molecular weight excluding hydrogens is 190 g/mol. The zero-order valence-corrected chi connectivity index (χ0v) is 10.9. The fourth-order valence-electron chi connectivity index (χ4n) is 1.72. The molecule has 14 heavy (non-hydrogen) atoms. The SMILES string of the molecule is C=C[C@@H]1CC(=O)N1[Si](C)(C)C(C)(C)C. The summed E-state index contributed by atoms with van der Waals surface area (Å²) in [6.45, 7) is 15.0. The Kier molecular flexibility index (Phi) is 2.65. The molecule has 0 radical (unpaired) electrons. The van der Waals surface area contributed by atoms with Crippen molar-refractivity contribution in [3.8, 4) is 0 Å². The molecule has 0 spiro atoms. The summed E-state index contributed by atoms with van der Waals surface area (Å²) in [6, 6.07) is 0.295. The van der Waals surface area contributed by atoms with Crippen LogP contribution in [0.15, 0.2) is 12.7 Å². The van der Waals surface area contributed by atoms with E-state index < -0.39 is 8.24 Å². The Balaban J connectivity index is 2.92. The molecule has 0 unspecified atom stereocenters. The summed E-state index contributed by atoms with van der Waals surface area (Å²) >= 11 is 0. The van der Waals surface area contributed by atoms with Gasteiger partial charge in [-0.05, 0) is 5.04 Å². The maximum Gasteiger partial charge on any atom is 0.217 e. The molecule has 1 heterocycles. The maximum atomic E-state index is 11.6. The van der Waals surface area contributed by atoms with Crippen LogP contribution in [-0.4, -0.2) is 24.7 Å². The Morgan fingerprint density at radius 2 is 2.00 bits per heavy atom. The molecule has 0 bridgehead atoms. The number of carbonyl (C=O) groups excluding carboxylic acids is 1. The first-order chi connectivity index (χ1) is 6.21. The largest absolute Gasteiger partial charge is 0.363 e. The topological polar surface area (TPSA) is 20.3 Å². The monoisotopic (exact) mass is 211 g/mol. The summed E-state index contributed by atoms with van der Waals surface area (Å²) in [5, 5.41) is 0.227. The van der Waals surface area contributed by atoms with Crippen LogP contribution in [0.3, 0.4) is 0 Å². The molecule has 0 aromatic rings. The number of β-lactam (4-membered cyclic amide) rings is 1. The van der Waals surface area contributed by atoms with Crippen LogP contribution in [0, 0.1) is 0 Å². The fourth-order valence-corrected chi connectivity index (χ4v) is 4.18. The third kappa shape index (κ3) is 1.54. The van der Waals surface area contributed by atoms with Gasteiger partial charge in [0.25, 0.3) is 0 Å². The molecule has 0 aromatic carbocycles. The van der Waals surface area contributed by atoms with E-state index in [2.05, 4.69) is 45.0 Å². The van der Waals surface area contributed by atoms with E-state index in [1.165, 1.54) is 0 Å². The van der Waals surface area contributed by atoms with Gasteiger partial charge in [0.15, 0.2) is 8.24 Å². The lowest BCUT2D eigenvalue weighted by Gasteiger charge is -2.54. The predicted octanol–water partition coefficient (Wildman–Crippen LogP) is 2.78. The van der Waals surface area contributed by atoms with Crippen LogP contribution in [0.4, 0.5) is 0 Å². The van der Waals surface area contributed by atoms with Gasteiger partial charge < -0.3 is 4.57 Å². The molecule has 0 saturated carbocycles. The normalized spacial score (nSPS) is 23.4. The third-order valence-electron chi connectivity index (χ3n) is 3.69. The second kappa shape index (κ2) is 3.23. The molecular formula is C11H21NOSi. The Morgan fingerprint density at radius 3 is 2.29 bits per heavy atom. The van der Waals surface area contributed by atoms with Crippen LogP contribution >= 0.6 is 0 Å². The van der Waals surface area contributed by atoms with Crippen LogP contribution in [0.25, 0.3) is 0 Å². The minimum absolute atomic E-state index is 0.227. The molecule has 1 aliphatic rings. The average molecular weight is 211 g/mol. The zero-order valence-electron chi connectivity index (χ0n) is 9.92. The van der Waals surface area contributed by atoms with E-state index in [9.17, 15) is 4.79 Å². The van der Waals surface area contributed by atoms with Gasteiger partial charge >= 0.3 is 0 Å². The van der Waals surface area contributed by atoms with E-state index in [0.29, 0.717) is 18.4 Å². The quantitative estimate of drug-likeness (QED) is 0.391. The van der Waals surface area contributed by atoms with Gasteiger partial charge in [-0.1, -0.05) is 39.9 Å². The minimum Gasteiger partial charge on any atom is -0.363 e. The summed E-state index contributed by atoms with van der Waals surface area (Å²) < 4.78 is 2.10. The summed E-state index contributed by atoms with van der Waals surface area (Å²) in [6.07, 6.45) is 2.57. The first kappa shape index (κ1) is 11.5. The first-order valence-corrected chi connectivity index (χ1v) is 8.11. The smallest absolute Gasteiger partial charge is 0.217 e. The van der Waals surface area contributed by atoms with Gasteiger partial charge in [-0.3, -0.25) is 4.79 Å². The molecule has 3 heteroatoms. The summed E-state index contributed by atoms with van der Waals surface area (Å²) in [4.78, 5) is 11.6. The Bertz CT molecular complexity index is 265. The van der Waals surface area contributed by atoms with Crippen molar-refractivity contribution in [2.45, 2.75) is 51.4 Å². The van der Waals surface area contributed by atoms with Gasteiger partial charge in [-0.15, -0.1) is 6.58 Å². The summed E-state index contributed by atoms with van der Waals surface area (Å²) in [5.41, 5.74) is 0. The van der Waals surface area contributed by atoms with Gasteiger partial charge in [0.2, 0.25) is 5.91 Å². The standard InChI is InChI=1S/C11H21NOSi/c1-7-9-8-10(13)12(9)14(5,6)11(2,3)4/h7,9H,1,8H2,2-6H3/t9-/m1/s1. The van der Waals surface area contributed by atoms with Gasteiger partial charge in [0, 0.05) is 6.42 Å². The summed E-state index contributed by atoms with van der Waals surface area (Å²) in [7, 11) is -1.66. The van der Waals surface area contributed by atoms with Crippen molar-refractivity contribution in [1.29, 1.82) is 0 Å². The Labute approximate surface area is 88.1 Å². The molecule has 1 rings (SSSR count). The van der Waals surface area contributed by atoms with E-state index >= 15 is 0 Å². The third-order valence-corrected chi connectivity index (χ3v) is 9.15. The lowest BCUT2D eigenvalue weighted by atomic mass is 10.1. The average Bonchev–Trinajstić information content (AvgIpc) is 1.96. The van der Waals surface area contributed by atoms with Crippen molar-refractivity contribution in [3.63, 3.8) is 0 Å². The number of carbonyl (C=O) groups is 1. The van der Waals surface area contributed by atoms with Crippen molar-refractivity contribution in [2.24, 2.45) is 0 Å². The molecule has 1 aliphatic heterocycles. The highest BCUT2D eigenvalue weighted by Gasteiger charge is 2.50. The van der Waals surface area contributed by atoms with Crippen LogP contribution in [-0.2, 0) is 4.79 Å². The summed E-state index contributed by atoms with van der Waals surface area (Å²) in [5.74, 6) is 0.307. The Morgan fingerprint density at radius 1 is 1.50 bits per heavy atom. The van der Waals surface area contributed by atoms with Gasteiger partial charge in [0.1, 0.15) is 0 Å². The highest BCUT2D eigenvalue weighted by Crippen LogP contribution is 2.42. The van der Waals surface area contributed by atoms with Crippen molar-refractivity contribution < 1.29 is 4.79 Å². The zero-order chi connectivity index (χ0) is 11.1. The van der Waals surface area contributed by atoms with E-state index in [1.54, 1.807) is 0 Å². The molecule has 1 saturated heterocycles. The van der Waals surface area contributed by atoms with Crippen molar-refractivity contribution in [2.75, 3.05) is 0 Å². The van der Waals surface area contributed by atoms with Gasteiger partial charge in [-0.2, -0.15) is 0 Å². The molecule has 1 atom stereocenters. The van der Waals surface area contributed by atoms with Crippen molar-refractivity contribution >= 4 is 14.1 Å². The highest BCUT2D eigenvalue weighted by atomic mass is 28.3. The predicted molar refractivity (Wildman–Crippen MR) is 62.6 cm³/mol. The molecule has 80 valence electrons. The lowest BCUT2D eigenvalue weighted by Crippen LogP contribution is -2.67. The minimum atomic E-state index is -1.66. The van der Waals surface area contributed by atoms with Gasteiger partial charge in [-0.25, -0.2) is 0 Å². The second-order valence-corrected chi connectivity index (χ2v) is 10.7. The number of hydrogen-bond acceptors (Lipinski definition) is 1. The molecule has 0 aliphatic carbocycles. The number of amides is 1. The molecule has 1 fully saturated rings. The molecule has 0 aromatic heterocycles. The van der Waals surface area contributed by atoms with Crippen LogP contribution in [0.1, 0.15) is 27.2 Å². The molecule has 2 nitrogen and oxygen atoms in total. The molecule has 0 N–H and O–H groups in total. The maximum absolute atomic E-state index is 11.6. The van der Waals surface area contributed by atoms with Crippen LogP contribution < -0.4 is 0 Å². The molecule has 1 amide bonds. The highest BCUT2D eigenvalue weighted by molar-refractivity contribution is 6.80. The second-order valence-electron chi connectivity index (χ2n) is 5.58. The first-order valence-electron chi connectivity index (χ1n) is 5.16. The number of nitrogens with zero attached hydrogens (tertiary/aromatic N) is 1. The van der Waals surface area contributed by atoms with Crippen LogP contribution in [0.5, 0.6) is 0 Å². The van der Waals surface area contributed by atoms with E-state index in [-0.39, 0.29) is 5.04 Å². The number of rotatable bonds is 2. The van der Waals surface area contributed by atoms with E-state index in [1.807, 2.05) is 6.08 Å². The van der Waals surface area contributed by atoms with Gasteiger partial charge in [0.05, 0.1) is 6.04 Å². The number of hydrogen-bond donors (Lipinski definition) is 0. The van der Waals surface area contributed by atoms with Crippen LogP contribution in [0.2, 0.25) is 18.1 Å². The Hall–Kier alpha value is -0.573. The van der Waals surface area contributed by atoms with Crippen molar-refractivity contribution in [3.05, 3.63) is 12.7 Å². The van der Waals surface area contributed by atoms with E-state index in [4.69, 9.17) is 0 Å². The van der Waals surface area contributed by atoms with Crippen molar-refractivity contribution in [1.82, 2.24) is 4.57 Å². The lowest BCUT2D eigenvalue weighted by molar-refractivity contribution is -0.137. The fraction of sp³-hybridized carbons (Fsp3) is 0.727.